The van der Waals surface area contributed by atoms with Gasteiger partial charge in [-0.3, -0.25) is 14.5 Å². The predicted molar refractivity (Wildman–Crippen MR) is 120 cm³/mol. The summed E-state index contributed by atoms with van der Waals surface area (Å²) in [4.78, 5) is 27.2. The molecule has 1 aliphatic rings. The number of rotatable bonds is 5. The second-order valence-electron chi connectivity index (χ2n) is 7.59. The quantitative estimate of drug-likeness (QED) is 0.326. The summed E-state index contributed by atoms with van der Waals surface area (Å²) in [5.74, 6) is -3.81. The molecule has 1 amide bonds. The number of anilines is 1. The first-order valence-corrected chi connectivity index (χ1v) is 10.4. The van der Waals surface area contributed by atoms with Gasteiger partial charge in [0.2, 0.25) is 0 Å². The van der Waals surface area contributed by atoms with Crippen molar-refractivity contribution in [2.75, 3.05) is 11.5 Å². The average Bonchev–Trinajstić information content (AvgIpc) is 3.08. The monoisotopic (exact) mass is 449 g/mol. The highest BCUT2D eigenvalue weighted by atomic mass is 19.2. The number of carbonyl (C=O) groups excluding carboxylic acids is 2. The molecule has 0 saturated carbocycles. The van der Waals surface area contributed by atoms with Crippen molar-refractivity contribution in [1.82, 2.24) is 0 Å². The number of aliphatic hydroxyl groups is 1. The summed E-state index contributed by atoms with van der Waals surface area (Å²) < 4.78 is 33.0. The van der Waals surface area contributed by atoms with Crippen LogP contribution in [-0.4, -0.2) is 23.4 Å². The van der Waals surface area contributed by atoms with E-state index >= 15 is 0 Å². The molecule has 5 nitrogen and oxygen atoms in total. The molecule has 0 aliphatic carbocycles. The number of ether oxygens (including phenoxy) is 1. The second kappa shape index (κ2) is 8.86. The molecule has 1 unspecified atom stereocenters. The molecule has 1 N–H and O–H groups in total. The lowest BCUT2D eigenvalue weighted by Gasteiger charge is -2.25. The molecule has 0 spiro atoms. The van der Waals surface area contributed by atoms with Gasteiger partial charge in [0.05, 0.1) is 18.2 Å². The van der Waals surface area contributed by atoms with E-state index < -0.39 is 29.4 Å². The number of hydrogen-bond donors (Lipinski definition) is 1. The van der Waals surface area contributed by atoms with Crippen LogP contribution >= 0.6 is 0 Å². The fraction of sp³-hybridized carbons (Fsp3) is 0.154. The van der Waals surface area contributed by atoms with Gasteiger partial charge in [-0.15, -0.1) is 0 Å². The maximum Gasteiger partial charge on any atom is 0.300 e. The van der Waals surface area contributed by atoms with Crippen molar-refractivity contribution in [2.45, 2.75) is 19.9 Å². The molecule has 1 atom stereocenters. The minimum atomic E-state index is -1.15. The van der Waals surface area contributed by atoms with Gasteiger partial charge in [-0.25, -0.2) is 8.78 Å². The molecule has 3 aromatic carbocycles. The topological polar surface area (TPSA) is 66.8 Å². The van der Waals surface area contributed by atoms with Gasteiger partial charge in [0, 0.05) is 17.3 Å². The molecule has 0 aromatic heterocycles. The minimum Gasteiger partial charge on any atom is -0.507 e. The molecule has 1 fully saturated rings. The predicted octanol–water partition coefficient (Wildman–Crippen LogP) is 5.30. The first-order chi connectivity index (χ1) is 15.8. The van der Waals surface area contributed by atoms with Crippen LogP contribution in [-0.2, 0) is 9.59 Å². The van der Waals surface area contributed by atoms with Gasteiger partial charge in [0.25, 0.3) is 11.7 Å². The third-order valence-corrected chi connectivity index (χ3v) is 5.49. The fourth-order valence-electron chi connectivity index (χ4n) is 3.95. The zero-order valence-electron chi connectivity index (χ0n) is 18.0. The fourth-order valence-corrected chi connectivity index (χ4v) is 3.95. The van der Waals surface area contributed by atoms with Gasteiger partial charge in [-0.2, -0.15) is 0 Å². The standard InChI is InChI=1S/C26H21F2NO4/c1-3-33-21-12-9-17(13-15(21)2)24(30)22-23(16-7-5-4-6-8-16)29(26(32)25(22)31)18-10-11-19(27)20(28)14-18/h4-14,23,30H,3H2,1-2H3/b24-22+. The van der Waals surface area contributed by atoms with Crippen molar-refractivity contribution in [2.24, 2.45) is 0 Å². The summed E-state index contributed by atoms with van der Waals surface area (Å²) in [6, 6.07) is 15.5. The molecule has 1 heterocycles. The number of aryl methyl sites for hydroxylation is 1. The Labute approximate surface area is 189 Å². The Morgan fingerprint density at radius 3 is 2.36 bits per heavy atom. The molecular weight excluding hydrogens is 428 g/mol. The van der Waals surface area contributed by atoms with Crippen LogP contribution in [0, 0.1) is 18.6 Å². The van der Waals surface area contributed by atoms with Crippen LogP contribution in [0.1, 0.15) is 29.7 Å². The number of aliphatic hydroxyl groups excluding tert-OH is 1. The number of amides is 1. The van der Waals surface area contributed by atoms with Crippen LogP contribution in [0.25, 0.3) is 5.76 Å². The van der Waals surface area contributed by atoms with E-state index in [0.717, 1.165) is 22.6 Å². The number of Topliss-reactive ketones (excluding diaryl/α,β-unsaturated/α-hetero) is 1. The highest BCUT2D eigenvalue weighted by Crippen LogP contribution is 2.42. The summed E-state index contributed by atoms with van der Waals surface area (Å²) in [5, 5.41) is 11.2. The van der Waals surface area contributed by atoms with E-state index in [1.165, 1.54) is 6.07 Å². The lowest BCUT2D eigenvalue weighted by Crippen LogP contribution is -2.29. The Balaban J connectivity index is 1.91. The smallest absolute Gasteiger partial charge is 0.300 e. The van der Waals surface area contributed by atoms with Crippen molar-refractivity contribution in [3.05, 3.63) is 101 Å². The van der Waals surface area contributed by atoms with Crippen LogP contribution in [0.15, 0.2) is 72.3 Å². The van der Waals surface area contributed by atoms with E-state index in [0.29, 0.717) is 23.5 Å². The molecular formula is C26H21F2NO4. The highest BCUT2D eigenvalue weighted by Gasteiger charge is 2.47. The van der Waals surface area contributed by atoms with Crippen LogP contribution in [0.5, 0.6) is 5.75 Å². The van der Waals surface area contributed by atoms with Crippen LogP contribution in [0.4, 0.5) is 14.5 Å². The first-order valence-electron chi connectivity index (χ1n) is 10.4. The maximum atomic E-state index is 14.0. The van der Waals surface area contributed by atoms with Gasteiger partial charge in [0.1, 0.15) is 11.5 Å². The molecule has 0 radical (unpaired) electrons. The molecule has 7 heteroatoms. The largest absolute Gasteiger partial charge is 0.507 e. The number of hydrogen-bond acceptors (Lipinski definition) is 4. The summed E-state index contributed by atoms with van der Waals surface area (Å²) in [7, 11) is 0. The molecule has 1 aliphatic heterocycles. The summed E-state index contributed by atoms with van der Waals surface area (Å²) in [5.41, 5.74) is 1.48. The minimum absolute atomic E-state index is 0.00628. The lowest BCUT2D eigenvalue weighted by atomic mass is 9.94. The van der Waals surface area contributed by atoms with Crippen molar-refractivity contribution >= 4 is 23.1 Å². The van der Waals surface area contributed by atoms with E-state index in [9.17, 15) is 23.5 Å². The molecule has 1 saturated heterocycles. The molecule has 4 rings (SSSR count). The molecule has 168 valence electrons. The summed E-state index contributed by atoms with van der Waals surface area (Å²) >= 11 is 0. The second-order valence-corrected chi connectivity index (χ2v) is 7.59. The molecule has 0 bridgehead atoms. The van der Waals surface area contributed by atoms with Crippen LogP contribution < -0.4 is 9.64 Å². The Morgan fingerprint density at radius 1 is 1.00 bits per heavy atom. The van der Waals surface area contributed by atoms with Gasteiger partial charge >= 0.3 is 0 Å². The van der Waals surface area contributed by atoms with Gasteiger partial charge < -0.3 is 9.84 Å². The zero-order valence-corrected chi connectivity index (χ0v) is 18.0. The number of nitrogens with zero attached hydrogens (tertiary/aromatic N) is 1. The molecule has 33 heavy (non-hydrogen) atoms. The number of ketones is 1. The summed E-state index contributed by atoms with van der Waals surface area (Å²) in [6.07, 6.45) is 0. The van der Waals surface area contributed by atoms with Crippen molar-refractivity contribution in [3.8, 4) is 5.75 Å². The number of carbonyl (C=O) groups is 2. The van der Waals surface area contributed by atoms with Gasteiger partial charge in [-0.05, 0) is 55.3 Å². The van der Waals surface area contributed by atoms with E-state index in [-0.39, 0.29) is 17.0 Å². The van der Waals surface area contributed by atoms with Crippen molar-refractivity contribution in [3.63, 3.8) is 0 Å². The van der Waals surface area contributed by atoms with E-state index in [2.05, 4.69) is 0 Å². The van der Waals surface area contributed by atoms with E-state index in [1.54, 1.807) is 55.5 Å². The van der Waals surface area contributed by atoms with Crippen molar-refractivity contribution < 1.29 is 28.2 Å². The van der Waals surface area contributed by atoms with E-state index in [4.69, 9.17) is 4.74 Å². The normalized spacial score (nSPS) is 17.5. The van der Waals surface area contributed by atoms with Gasteiger partial charge in [-0.1, -0.05) is 30.3 Å². The Hall–Kier alpha value is -4.00. The Morgan fingerprint density at radius 2 is 1.73 bits per heavy atom. The maximum absolute atomic E-state index is 14.0. The van der Waals surface area contributed by atoms with Crippen molar-refractivity contribution in [1.29, 1.82) is 0 Å². The average molecular weight is 449 g/mol. The molecule has 3 aromatic rings. The van der Waals surface area contributed by atoms with Crippen LogP contribution in [0.2, 0.25) is 0 Å². The number of benzene rings is 3. The Kier molecular flexibility index (Phi) is 5.96. The van der Waals surface area contributed by atoms with Crippen LogP contribution in [0.3, 0.4) is 0 Å². The third kappa shape index (κ3) is 3.98. The number of halogens is 2. The zero-order chi connectivity index (χ0) is 23.7. The summed E-state index contributed by atoms with van der Waals surface area (Å²) in [6.45, 7) is 4.13. The lowest BCUT2D eigenvalue weighted by molar-refractivity contribution is -0.132. The third-order valence-electron chi connectivity index (χ3n) is 5.49. The highest BCUT2D eigenvalue weighted by molar-refractivity contribution is 6.51. The SMILES string of the molecule is CCOc1ccc(/C(O)=C2\C(=O)C(=O)N(c3ccc(F)c(F)c3)C2c2ccccc2)cc1C. The first kappa shape index (κ1) is 22.2. The Bertz CT molecular complexity index is 1270. The van der Waals surface area contributed by atoms with Gasteiger partial charge in [0.15, 0.2) is 11.6 Å². The van der Waals surface area contributed by atoms with E-state index in [1.807, 2.05) is 6.92 Å².